The molecule has 0 aromatic carbocycles. The van der Waals surface area contributed by atoms with Crippen molar-refractivity contribution in [3.63, 3.8) is 0 Å². The Morgan fingerprint density at radius 3 is 2.45 bits per heavy atom. The van der Waals surface area contributed by atoms with Crippen LogP contribution in [0.5, 0.6) is 0 Å². The van der Waals surface area contributed by atoms with E-state index in [-0.39, 0.29) is 0 Å². The van der Waals surface area contributed by atoms with Crippen LogP contribution in [-0.2, 0) is 0 Å². The first-order valence-electron chi connectivity index (χ1n) is 3.84. The molecule has 3 heteroatoms. The molecule has 11 heavy (non-hydrogen) atoms. The van der Waals surface area contributed by atoms with E-state index in [4.69, 9.17) is 11.5 Å². The molecule has 3 nitrogen and oxygen atoms in total. The molecule has 5 N–H and O–H groups in total. The van der Waals surface area contributed by atoms with Gasteiger partial charge in [0.15, 0.2) is 0 Å². The molecule has 1 fully saturated rings. The first kappa shape index (κ1) is 7.98. The predicted octanol–water partition coefficient (Wildman–Crippen LogP) is 0.258. The Bertz CT molecular complexity index is 190. The Morgan fingerprint density at radius 2 is 2.00 bits per heavy atom. The molecule has 0 amide bonds. The lowest BCUT2D eigenvalue weighted by atomic mass is 10.3. The molecule has 0 unspecified atom stereocenters. The highest BCUT2D eigenvalue weighted by molar-refractivity contribution is 5.17. The summed E-state index contributed by atoms with van der Waals surface area (Å²) in [6.45, 7) is 0. The van der Waals surface area contributed by atoms with Crippen molar-refractivity contribution >= 4 is 0 Å². The maximum atomic E-state index is 5.72. The molecule has 0 saturated heterocycles. The van der Waals surface area contributed by atoms with Gasteiger partial charge in [0.25, 0.3) is 0 Å². The Balaban J connectivity index is 2.43. The molecule has 0 aliphatic heterocycles. The Labute approximate surface area is 67.1 Å². The van der Waals surface area contributed by atoms with Gasteiger partial charge in [-0.2, -0.15) is 0 Å². The van der Waals surface area contributed by atoms with E-state index in [0.29, 0.717) is 11.7 Å². The summed E-state index contributed by atoms with van der Waals surface area (Å²) < 4.78 is 0. The Morgan fingerprint density at radius 1 is 1.36 bits per heavy atom. The van der Waals surface area contributed by atoms with Crippen molar-refractivity contribution < 1.29 is 0 Å². The standard InChI is InChI=1S/C8H15N3/c1-11-8(10)5-4-7(9)6-2-3-6/h4-6,11H,2-3,9-10H2,1H3/b7-4-,8-5+. The van der Waals surface area contributed by atoms with E-state index in [1.165, 1.54) is 12.8 Å². The zero-order valence-corrected chi connectivity index (χ0v) is 6.80. The molecule has 1 rings (SSSR count). The van der Waals surface area contributed by atoms with Crippen LogP contribution in [0.4, 0.5) is 0 Å². The Kier molecular flexibility index (Phi) is 2.41. The zero-order chi connectivity index (χ0) is 8.27. The lowest BCUT2D eigenvalue weighted by Crippen LogP contribution is -2.14. The van der Waals surface area contributed by atoms with Crippen molar-refractivity contribution in [3.8, 4) is 0 Å². The summed E-state index contributed by atoms with van der Waals surface area (Å²) in [6, 6.07) is 0. The van der Waals surface area contributed by atoms with Crippen LogP contribution < -0.4 is 16.8 Å². The topological polar surface area (TPSA) is 64.1 Å². The van der Waals surface area contributed by atoms with Crippen LogP contribution >= 0.6 is 0 Å². The van der Waals surface area contributed by atoms with Crippen molar-refractivity contribution in [1.82, 2.24) is 5.32 Å². The van der Waals surface area contributed by atoms with Crippen molar-refractivity contribution in [1.29, 1.82) is 0 Å². The van der Waals surface area contributed by atoms with Crippen LogP contribution in [-0.4, -0.2) is 7.05 Å². The van der Waals surface area contributed by atoms with Crippen molar-refractivity contribution in [2.24, 2.45) is 17.4 Å². The van der Waals surface area contributed by atoms with Crippen LogP contribution in [0.3, 0.4) is 0 Å². The highest BCUT2D eigenvalue weighted by Gasteiger charge is 2.23. The maximum absolute atomic E-state index is 5.72. The molecule has 0 radical (unpaired) electrons. The largest absolute Gasteiger partial charge is 0.402 e. The zero-order valence-electron chi connectivity index (χ0n) is 6.80. The lowest BCUT2D eigenvalue weighted by Gasteiger charge is -1.97. The van der Waals surface area contributed by atoms with Gasteiger partial charge in [-0.25, -0.2) is 0 Å². The van der Waals surface area contributed by atoms with E-state index in [0.717, 1.165) is 5.70 Å². The predicted molar refractivity (Wildman–Crippen MR) is 46.3 cm³/mol. The number of nitrogens with one attached hydrogen (secondary N) is 1. The summed E-state index contributed by atoms with van der Waals surface area (Å²) in [7, 11) is 1.78. The minimum Gasteiger partial charge on any atom is -0.402 e. The monoisotopic (exact) mass is 153 g/mol. The number of hydrogen-bond donors (Lipinski definition) is 3. The fourth-order valence-corrected chi connectivity index (χ4v) is 0.822. The van der Waals surface area contributed by atoms with Crippen molar-refractivity contribution in [2.45, 2.75) is 12.8 Å². The number of nitrogens with two attached hydrogens (primary N) is 2. The fraction of sp³-hybridized carbons (Fsp3) is 0.500. The van der Waals surface area contributed by atoms with Gasteiger partial charge in [0.05, 0.1) is 5.82 Å². The summed E-state index contributed by atoms with van der Waals surface area (Å²) in [5.41, 5.74) is 12.2. The van der Waals surface area contributed by atoms with Gasteiger partial charge in [0.2, 0.25) is 0 Å². The van der Waals surface area contributed by atoms with Gasteiger partial charge in [-0.05, 0) is 30.9 Å². The van der Waals surface area contributed by atoms with E-state index >= 15 is 0 Å². The molecule has 62 valence electrons. The summed E-state index contributed by atoms with van der Waals surface area (Å²) in [5, 5.41) is 2.82. The molecule has 0 atom stereocenters. The molecule has 0 heterocycles. The number of rotatable bonds is 3. The third kappa shape index (κ3) is 2.53. The smallest absolute Gasteiger partial charge is 0.0958 e. The second-order valence-electron chi connectivity index (χ2n) is 2.81. The van der Waals surface area contributed by atoms with E-state index in [9.17, 15) is 0 Å². The van der Waals surface area contributed by atoms with Gasteiger partial charge in [-0.15, -0.1) is 0 Å². The molecular formula is C8H15N3. The van der Waals surface area contributed by atoms with Crippen LogP contribution in [0.1, 0.15) is 12.8 Å². The van der Waals surface area contributed by atoms with Crippen LogP contribution in [0.15, 0.2) is 23.7 Å². The summed E-state index contributed by atoms with van der Waals surface area (Å²) in [6.07, 6.45) is 6.14. The molecule has 0 bridgehead atoms. The molecule has 0 spiro atoms. The highest BCUT2D eigenvalue weighted by atomic mass is 14.9. The first-order chi connectivity index (χ1) is 5.24. The minimum atomic E-state index is 0.621. The molecular weight excluding hydrogens is 138 g/mol. The molecule has 1 aliphatic carbocycles. The van der Waals surface area contributed by atoms with E-state index in [1.807, 2.05) is 6.08 Å². The van der Waals surface area contributed by atoms with Gasteiger partial charge in [0.1, 0.15) is 0 Å². The van der Waals surface area contributed by atoms with Crippen molar-refractivity contribution in [3.05, 3.63) is 23.7 Å². The van der Waals surface area contributed by atoms with Gasteiger partial charge >= 0.3 is 0 Å². The highest BCUT2D eigenvalue weighted by Crippen LogP contribution is 2.33. The maximum Gasteiger partial charge on any atom is 0.0958 e. The third-order valence-electron chi connectivity index (χ3n) is 1.79. The second kappa shape index (κ2) is 3.32. The normalized spacial score (nSPS) is 20.1. The number of allylic oxidation sites excluding steroid dienone is 3. The van der Waals surface area contributed by atoms with Gasteiger partial charge < -0.3 is 16.8 Å². The van der Waals surface area contributed by atoms with Gasteiger partial charge in [-0.3, -0.25) is 0 Å². The summed E-state index contributed by atoms with van der Waals surface area (Å²) in [5.74, 6) is 1.27. The fourth-order valence-electron chi connectivity index (χ4n) is 0.822. The van der Waals surface area contributed by atoms with E-state index in [2.05, 4.69) is 5.32 Å². The van der Waals surface area contributed by atoms with Gasteiger partial charge in [0, 0.05) is 12.7 Å². The van der Waals surface area contributed by atoms with Gasteiger partial charge in [-0.1, -0.05) is 0 Å². The Hall–Kier alpha value is -1.12. The van der Waals surface area contributed by atoms with Crippen molar-refractivity contribution in [2.75, 3.05) is 7.05 Å². The quantitative estimate of drug-likeness (QED) is 0.509. The first-order valence-corrected chi connectivity index (χ1v) is 3.84. The van der Waals surface area contributed by atoms with E-state index in [1.54, 1.807) is 13.1 Å². The SMILES string of the molecule is CN/C(N)=C/C=C(\N)C1CC1. The van der Waals surface area contributed by atoms with Crippen LogP contribution in [0.2, 0.25) is 0 Å². The van der Waals surface area contributed by atoms with E-state index < -0.39 is 0 Å². The summed E-state index contributed by atoms with van der Waals surface area (Å²) >= 11 is 0. The number of hydrogen-bond acceptors (Lipinski definition) is 3. The van der Waals surface area contributed by atoms with Crippen LogP contribution in [0.25, 0.3) is 0 Å². The minimum absolute atomic E-state index is 0.621. The lowest BCUT2D eigenvalue weighted by molar-refractivity contribution is 0.953. The molecule has 0 aromatic rings. The third-order valence-corrected chi connectivity index (χ3v) is 1.79. The molecule has 0 aromatic heterocycles. The second-order valence-corrected chi connectivity index (χ2v) is 2.81. The average molecular weight is 153 g/mol. The molecule has 1 saturated carbocycles. The summed E-state index contributed by atoms with van der Waals surface area (Å²) in [4.78, 5) is 0. The van der Waals surface area contributed by atoms with Crippen LogP contribution in [0, 0.1) is 5.92 Å². The average Bonchev–Trinajstić information content (AvgIpc) is 2.81. The molecule has 1 aliphatic rings.